The molecule has 0 aliphatic rings. The van der Waals surface area contributed by atoms with Gasteiger partial charge in [-0.2, -0.15) is 4.89 Å². The van der Waals surface area contributed by atoms with Crippen molar-refractivity contribution in [3.63, 3.8) is 0 Å². The average Bonchev–Trinajstić information content (AvgIpc) is 1.78. The lowest BCUT2D eigenvalue weighted by molar-refractivity contribution is -0.310. The van der Waals surface area contributed by atoms with Gasteiger partial charge in [0.25, 0.3) is 0 Å². The van der Waals surface area contributed by atoms with Gasteiger partial charge in [0.2, 0.25) is 0 Å². The molecule has 2 nitrogen and oxygen atoms in total. The van der Waals surface area contributed by atoms with Crippen LogP contribution in [0.5, 0.6) is 0 Å². The molecule has 0 saturated heterocycles. The van der Waals surface area contributed by atoms with E-state index in [0.29, 0.717) is 0 Å². The van der Waals surface area contributed by atoms with E-state index in [1.165, 1.54) is 6.26 Å². The zero-order chi connectivity index (χ0) is 8.04. The first-order valence-corrected chi connectivity index (χ1v) is 3.18. The summed E-state index contributed by atoms with van der Waals surface area (Å²) in [5.74, 6) is 0. The molecule has 0 unspecified atom stereocenters. The summed E-state index contributed by atoms with van der Waals surface area (Å²) in [6.07, 6.45) is 4.72. The molecule has 0 fully saturated rings. The Morgan fingerprint density at radius 3 is 2.30 bits per heavy atom. The Morgan fingerprint density at radius 2 is 1.90 bits per heavy atom. The van der Waals surface area contributed by atoms with Gasteiger partial charge in [0.05, 0.1) is 0 Å². The Hall–Kier alpha value is -0.760. The Balaban J connectivity index is 3.37. The molecule has 0 N–H and O–H groups in total. The predicted octanol–water partition coefficient (Wildman–Crippen LogP) is 2.43. The minimum absolute atomic E-state index is 0.258. The van der Waals surface area contributed by atoms with E-state index in [9.17, 15) is 0 Å². The van der Waals surface area contributed by atoms with Gasteiger partial charge in [-0.15, -0.1) is 0 Å². The zero-order valence-electron chi connectivity index (χ0n) is 6.76. The second-order valence-electron chi connectivity index (χ2n) is 2.86. The molecule has 0 amide bonds. The molecule has 0 atom stereocenters. The fourth-order valence-corrected chi connectivity index (χ4v) is 0.260. The molecule has 0 aromatic heterocycles. The van der Waals surface area contributed by atoms with Crippen LogP contribution < -0.4 is 0 Å². The van der Waals surface area contributed by atoms with E-state index < -0.39 is 0 Å². The summed E-state index contributed by atoms with van der Waals surface area (Å²) in [7, 11) is 0. The zero-order valence-corrected chi connectivity index (χ0v) is 6.76. The third-order valence-corrected chi connectivity index (χ3v) is 0.568. The molecular weight excluding hydrogens is 128 g/mol. The fourth-order valence-electron chi connectivity index (χ4n) is 0.260. The van der Waals surface area contributed by atoms with Crippen molar-refractivity contribution in [1.29, 1.82) is 0 Å². The molecule has 2 heteroatoms. The van der Waals surface area contributed by atoms with Gasteiger partial charge in [-0.1, -0.05) is 12.7 Å². The van der Waals surface area contributed by atoms with Gasteiger partial charge in [-0.05, 0) is 26.8 Å². The van der Waals surface area contributed by atoms with Gasteiger partial charge in [0, 0.05) is 0 Å². The molecule has 0 aliphatic heterocycles. The summed E-state index contributed by atoms with van der Waals surface area (Å²) in [5, 5.41) is 0. The maximum atomic E-state index is 4.90. The van der Waals surface area contributed by atoms with Crippen LogP contribution in [0.3, 0.4) is 0 Å². The van der Waals surface area contributed by atoms with Crippen molar-refractivity contribution in [2.24, 2.45) is 0 Å². The van der Waals surface area contributed by atoms with Gasteiger partial charge in [0.1, 0.15) is 11.9 Å². The van der Waals surface area contributed by atoms with E-state index in [0.717, 1.165) is 0 Å². The molecule has 0 aromatic carbocycles. The summed E-state index contributed by atoms with van der Waals surface area (Å²) in [5.41, 5.74) is -0.258. The summed E-state index contributed by atoms with van der Waals surface area (Å²) in [4.78, 5) is 9.58. The molecule has 58 valence electrons. The van der Waals surface area contributed by atoms with E-state index in [1.807, 2.05) is 20.8 Å². The van der Waals surface area contributed by atoms with Crippen LogP contribution in [-0.2, 0) is 9.78 Å². The van der Waals surface area contributed by atoms with Gasteiger partial charge in [-0.3, -0.25) is 0 Å². The lowest BCUT2D eigenvalue weighted by Crippen LogP contribution is -2.17. The van der Waals surface area contributed by atoms with Gasteiger partial charge in [-0.25, -0.2) is 0 Å². The number of rotatable bonds is 3. The first kappa shape index (κ1) is 9.24. The second-order valence-corrected chi connectivity index (χ2v) is 2.86. The van der Waals surface area contributed by atoms with Crippen LogP contribution in [0.15, 0.2) is 25.0 Å². The molecule has 0 rings (SSSR count). The normalized spacial score (nSPS) is 11.9. The Labute approximate surface area is 62.1 Å². The van der Waals surface area contributed by atoms with E-state index in [2.05, 4.69) is 11.5 Å². The molecule has 0 heterocycles. The molecule has 0 aromatic rings. The van der Waals surface area contributed by atoms with Crippen LogP contribution in [0, 0.1) is 0 Å². The van der Waals surface area contributed by atoms with Crippen molar-refractivity contribution in [2.75, 3.05) is 0 Å². The molecule has 0 spiro atoms. The fraction of sp³-hybridized carbons (Fsp3) is 0.500. The van der Waals surface area contributed by atoms with Crippen LogP contribution in [0.1, 0.15) is 20.8 Å². The highest BCUT2D eigenvalue weighted by Gasteiger charge is 2.10. The quantitative estimate of drug-likeness (QED) is 0.261. The first-order chi connectivity index (χ1) is 4.56. The van der Waals surface area contributed by atoms with Crippen molar-refractivity contribution in [3.8, 4) is 0 Å². The third kappa shape index (κ3) is 7.24. The molecule has 10 heavy (non-hydrogen) atoms. The SMILES string of the molecule is C=CC=COOC(C)(C)C. The highest BCUT2D eigenvalue weighted by molar-refractivity contribution is 4.92. The largest absolute Gasteiger partial charge is 0.345 e. The molecule has 0 radical (unpaired) electrons. The van der Waals surface area contributed by atoms with Crippen molar-refractivity contribution >= 4 is 0 Å². The Bertz CT molecular complexity index is 120. The van der Waals surface area contributed by atoms with Crippen molar-refractivity contribution < 1.29 is 9.78 Å². The lowest BCUT2D eigenvalue weighted by atomic mass is 10.2. The van der Waals surface area contributed by atoms with E-state index in [1.54, 1.807) is 12.2 Å². The lowest BCUT2D eigenvalue weighted by Gasteiger charge is -2.15. The molecule has 0 saturated carbocycles. The Kier molecular flexibility index (Phi) is 3.81. The maximum Gasteiger partial charge on any atom is 0.129 e. The standard InChI is InChI=1S/C8H14O2/c1-5-6-7-9-10-8(2,3)4/h5-7H,1H2,2-4H3. The van der Waals surface area contributed by atoms with Crippen LogP contribution in [-0.4, -0.2) is 5.60 Å². The maximum absolute atomic E-state index is 4.90. The van der Waals surface area contributed by atoms with Crippen LogP contribution in [0.4, 0.5) is 0 Å². The van der Waals surface area contributed by atoms with Crippen LogP contribution in [0.2, 0.25) is 0 Å². The first-order valence-electron chi connectivity index (χ1n) is 3.18. The number of allylic oxidation sites excluding steroid dienone is 2. The van der Waals surface area contributed by atoms with Crippen LogP contribution >= 0.6 is 0 Å². The van der Waals surface area contributed by atoms with Crippen molar-refractivity contribution in [1.82, 2.24) is 0 Å². The summed E-state index contributed by atoms with van der Waals surface area (Å²) < 4.78 is 0. The van der Waals surface area contributed by atoms with Crippen molar-refractivity contribution in [2.45, 2.75) is 26.4 Å². The summed E-state index contributed by atoms with van der Waals surface area (Å²) in [6.45, 7) is 9.21. The third-order valence-electron chi connectivity index (χ3n) is 0.568. The van der Waals surface area contributed by atoms with Crippen molar-refractivity contribution in [3.05, 3.63) is 25.0 Å². The van der Waals surface area contributed by atoms with Gasteiger partial charge >= 0.3 is 0 Å². The minimum atomic E-state index is -0.258. The Morgan fingerprint density at radius 1 is 1.30 bits per heavy atom. The molecule has 0 bridgehead atoms. The van der Waals surface area contributed by atoms with Crippen LogP contribution in [0.25, 0.3) is 0 Å². The summed E-state index contributed by atoms with van der Waals surface area (Å²) in [6, 6.07) is 0. The number of hydrogen-bond acceptors (Lipinski definition) is 2. The topological polar surface area (TPSA) is 18.5 Å². The van der Waals surface area contributed by atoms with E-state index in [4.69, 9.17) is 4.89 Å². The second kappa shape index (κ2) is 4.12. The molecule has 0 aliphatic carbocycles. The predicted molar refractivity (Wildman–Crippen MR) is 41.3 cm³/mol. The highest BCUT2D eigenvalue weighted by atomic mass is 17.2. The highest BCUT2D eigenvalue weighted by Crippen LogP contribution is 2.06. The number of hydrogen-bond donors (Lipinski definition) is 0. The molecular formula is C8H14O2. The monoisotopic (exact) mass is 142 g/mol. The minimum Gasteiger partial charge on any atom is -0.345 e. The smallest absolute Gasteiger partial charge is 0.129 e. The van der Waals surface area contributed by atoms with Gasteiger partial charge in [0.15, 0.2) is 0 Å². The van der Waals surface area contributed by atoms with E-state index in [-0.39, 0.29) is 5.60 Å². The van der Waals surface area contributed by atoms with E-state index >= 15 is 0 Å². The average molecular weight is 142 g/mol. The van der Waals surface area contributed by atoms with Gasteiger partial charge < -0.3 is 4.89 Å². The summed E-state index contributed by atoms with van der Waals surface area (Å²) >= 11 is 0.